The Hall–Kier alpha value is -2.06. The first kappa shape index (κ1) is 14.9. The van der Waals surface area contributed by atoms with Gasteiger partial charge in [0.25, 0.3) is 15.9 Å². The minimum absolute atomic E-state index is 0.247. The Morgan fingerprint density at radius 1 is 1.27 bits per heavy atom. The summed E-state index contributed by atoms with van der Waals surface area (Å²) in [5.74, 6) is 0.253. The molecule has 0 aliphatic carbocycles. The van der Waals surface area contributed by atoms with Crippen molar-refractivity contribution >= 4 is 38.6 Å². The number of hydrogen-bond acceptors (Lipinski definition) is 5. The summed E-state index contributed by atoms with van der Waals surface area (Å²) < 4.78 is 32.7. The molecule has 3 rings (SSSR count). The average Bonchev–Trinajstić information content (AvgIpc) is 2.88. The van der Waals surface area contributed by atoms with Crippen LogP contribution in [-0.4, -0.2) is 20.4 Å². The van der Waals surface area contributed by atoms with Gasteiger partial charge in [-0.2, -0.15) is 0 Å². The van der Waals surface area contributed by atoms with Crippen LogP contribution in [0.3, 0.4) is 0 Å². The highest BCUT2D eigenvalue weighted by Gasteiger charge is 2.24. The molecule has 0 bridgehead atoms. The maximum absolute atomic E-state index is 12.3. The number of rotatable bonds is 3. The third-order valence-corrected chi connectivity index (χ3v) is 6.02. The molecule has 116 valence electrons. The molecule has 0 saturated carbocycles. The van der Waals surface area contributed by atoms with Gasteiger partial charge in [0.05, 0.1) is 11.4 Å². The number of nitrogens with one attached hydrogen (secondary N) is 2. The van der Waals surface area contributed by atoms with Crippen molar-refractivity contribution < 1.29 is 17.9 Å². The minimum atomic E-state index is -3.63. The van der Waals surface area contributed by atoms with Crippen molar-refractivity contribution in [2.45, 2.75) is 24.2 Å². The van der Waals surface area contributed by atoms with E-state index in [1.54, 1.807) is 31.2 Å². The standard InChI is InChI=1S/C14H14N2O4S2/c1-8-3-6-13(21-8)22(18,19)16-10-4-5-12-11(7-10)15-14(17)9(2)20-12/h3-7,9,16H,1-2H3,(H,15,17). The molecule has 1 atom stereocenters. The Balaban J connectivity index is 1.88. The lowest BCUT2D eigenvalue weighted by molar-refractivity contribution is -0.122. The van der Waals surface area contributed by atoms with Gasteiger partial charge in [0.15, 0.2) is 6.10 Å². The monoisotopic (exact) mass is 338 g/mol. The van der Waals surface area contributed by atoms with Crippen molar-refractivity contribution in [3.63, 3.8) is 0 Å². The SMILES string of the molecule is Cc1ccc(S(=O)(=O)Nc2ccc3c(c2)NC(=O)C(C)O3)s1. The van der Waals surface area contributed by atoms with E-state index in [0.29, 0.717) is 17.1 Å². The number of amides is 1. The molecule has 2 heterocycles. The maximum Gasteiger partial charge on any atom is 0.271 e. The Morgan fingerprint density at radius 3 is 2.73 bits per heavy atom. The molecule has 8 heteroatoms. The van der Waals surface area contributed by atoms with Crippen LogP contribution in [0.15, 0.2) is 34.5 Å². The molecule has 0 fully saturated rings. The van der Waals surface area contributed by atoms with Crippen molar-refractivity contribution in [1.82, 2.24) is 0 Å². The minimum Gasteiger partial charge on any atom is -0.479 e. The molecule has 1 amide bonds. The summed E-state index contributed by atoms with van der Waals surface area (Å²) in [6, 6.07) is 8.08. The molecule has 6 nitrogen and oxygen atoms in total. The van der Waals surface area contributed by atoms with Crippen molar-refractivity contribution in [3.05, 3.63) is 35.2 Å². The van der Waals surface area contributed by atoms with Gasteiger partial charge >= 0.3 is 0 Å². The lowest BCUT2D eigenvalue weighted by Crippen LogP contribution is -2.34. The summed E-state index contributed by atoms with van der Waals surface area (Å²) in [6.45, 7) is 3.49. The third-order valence-electron chi connectivity index (χ3n) is 3.14. The number of fused-ring (bicyclic) bond motifs is 1. The van der Waals surface area contributed by atoms with Crippen LogP contribution < -0.4 is 14.8 Å². The van der Waals surface area contributed by atoms with Crippen molar-refractivity contribution in [2.24, 2.45) is 0 Å². The lowest BCUT2D eigenvalue weighted by atomic mass is 10.2. The van der Waals surface area contributed by atoms with Gasteiger partial charge in [0.2, 0.25) is 0 Å². The molecule has 1 aromatic heterocycles. The first-order valence-corrected chi connectivity index (χ1v) is 8.86. The van der Waals surface area contributed by atoms with Gasteiger partial charge < -0.3 is 10.1 Å². The van der Waals surface area contributed by atoms with Gasteiger partial charge in [0.1, 0.15) is 9.96 Å². The number of aryl methyl sites for hydroxylation is 1. The topological polar surface area (TPSA) is 84.5 Å². The molecule has 1 aliphatic rings. The highest BCUT2D eigenvalue weighted by atomic mass is 32.2. The van der Waals surface area contributed by atoms with E-state index < -0.39 is 16.1 Å². The van der Waals surface area contributed by atoms with E-state index >= 15 is 0 Å². The fourth-order valence-corrected chi connectivity index (χ4v) is 4.37. The molecular formula is C14H14N2O4S2. The average molecular weight is 338 g/mol. The fourth-order valence-electron chi connectivity index (χ4n) is 2.03. The first-order chi connectivity index (χ1) is 10.3. The molecule has 0 saturated heterocycles. The van der Waals surface area contributed by atoms with Gasteiger partial charge in [-0.15, -0.1) is 11.3 Å². The fraction of sp³-hybridized carbons (Fsp3) is 0.214. The number of anilines is 2. The van der Waals surface area contributed by atoms with Gasteiger partial charge in [-0.25, -0.2) is 8.42 Å². The second kappa shape index (κ2) is 5.29. The number of ether oxygens (including phenoxy) is 1. The molecule has 1 aromatic carbocycles. The van der Waals surface area contributed by atoms with E-state index in [1.807, 2.05) is 6.92 Å². The van der Waals surface area contributed by atoms with Gasteiger partial charge in [-0.3, -0.25) is 9.52 Å². The number of sulfonamides is 1. The van der Waals surface area contributed by atoms with Crippen molar-refractivity contribution in [2.75, 3.05) is 10.0 Å². The van der Waals surface area contributed by atoms with E-state index in [4.69, 9.17) is 4.74 Å². The maximum atomic E-state index is 12.3. The van der Waals surface area contributed by atoms with Crippen LogP contribution >= 0.6 is 11.3 Å². The highest BCUT2D eigenvalue weighted by molar-refractivity contribution is 7.94. The number of carbonyl (C=O) groups is 1. The zero-order chi connectivity index (χ0) is 15.9. The van der Waals surface area contributed by atoms with Crippen LogP contribution in [0, 0.1) is 6.92 Å². The molecule has 1 aliphatic heterocycles. The van der Waals surface area contributed by atoms with Gasteiger partial charge in [-0.1, -0.05) is 0 Å². The second-order valence-corrected chi connectivity index (χ2v) is 8.13. The summed E-state index contributed by atoms with van der Waals surface area (Å²) in [4.78, 5) is 12.5. The smallest absolute Gasteiger partial charge is 0.271 e. The Labute approximate surface area is 132 Å². The van der Waals surface area contributed by atoms with Crippen LogP contribution in [0.2, 0.25) is 0 Å². The molecule has 22 heavy (non-hydrogen) atoms. The van der Waals surface area contributed by atoms with E-state index in [-0.39, 0.29) is 10.1 Å². The molecular weight excluding hydrogens is 324 g/mol. The summed E-state index contributed by atoms with van der Waals surface area (Å²) in [7, 11) is -3.63. The van der Waals surface area contributed by atoms with Crippen LogP contribution in [0.1, 0.15) is 11.8 Å². The molecule has 0 radical (unpaired) electrons. The van der Waals surface area contributed by atoms with E-state index in [0.717, 1.165) is 4.88 Å². The number of thiophene rings is 1. The zero-order valence-electron chi connectivity index (χ0n) is 11.9. The zero-order valence-corrected chi connectivity index (χ0v) is 13.5. The van der Waals surface area contributed by atoms with Crippen LogP contribution in [-0.2, 0) is 14.8 Å². The Kier molecular flexibility index (Phi) is 3.57. The molecule has 2 N–H and O–H groups in total. The number of hydrogen-bond donors (Lipinski definition) is 2. The normalized spacial score (nSPS) is 17.4. The Bertz CT molecular complexity index is 842. The summed E-state index contributed by atoms with van der Waals surface area (Å²) >= 11 is 1.20. The van der Waals surface area contributed by atoms with Crippen LogP contribution in [0.5, 0.6) is 5.75 Å². The molecule has 0 spiro atoms. The van der Waals surface area contributed by atoms with Crippen LogP contribution in [0.25, 0.3) is 0 Å². The van der Waals surface area contributed by atoms with Gasteiger partial charge in [0, 0.05) is 4.88 Å². The van der Waals surface area contributed by atoms with E-state index in [2.05, 4.69) is 10.0 Å². The lowest BCUT2D eigenvalue weighted by Gasteiger charge is -2.23. The predicted molar refractivity (Wildman–Crippen MR) is 85.0 cm³/mol. The van der Waals surface area contributed by atoms with E-state index in [1.165, 1.54) is 17.4 Å². The Morgan fingerprint density at radius 2 is 2.05 bits per heavy atom. The van der Waals surface area contributed by atoms with Crippen molar-refractivity contribution in [3.8, 4) is 5.75 Å². The summed E-state index contributed by atoms with van der Waals surface area (Å²) in [5.41, 5.74) is 0.814. The molecule has 1 unspecified atom stereocenters. The number of benzene rings is 1. The van der Waals surface area contributed by atoms with Crippen LogP contribution in [0.4, 0.5) is 11.4 Å². The molecule has 2 aromatic rings. The predicted octanol–water partition coefficient (Wildman–Crippen LogP) is 2.58. The van der Waals surface area contributed by atoms with Crippen molar-refractivity contribution in [1.29, 1.82) is 0 Å². The third kappa shape index (κ3) is 2.79. The van der Waals surface area contributed by atoms with Gasteiger partial charge in [-0.05, 0) is 44.2 Å². The van der Waals surface area contributed by atoms with E-state index in [9.17, 15) is 13.2 Å². The summed E-state index contributed by atoms with van der Waals surface area (Å²) in [6.07, 6.45) is -0.566. The quantitative estimate of drug-likeness (QED) is 0.901. The summed E-state index contributed by atoms with van der Waals surface area (Å²) in [5, 5.41) is 2.68. The second-order valence-electron chi connectivity index (χ2n) is 4.93. The highest BCUT2D eigenvalue weighted by Crippen LogP contribution is 2.33. The first-order valence-electron chi connectivity index (χ1n) is 6.56. The largest absolute Gasteiger partial charge is 0.479 e. The number of carbonyl (C=O) groups excluding carboxylic acids is 1.